The zero-order valence-electron chi connectivity index (χ0n) is 77.7. The summed E-state index contributed by atoms with van der Waals surface area (Å²) in [7, 11) is -6.43. The average molecular weight is 1430 g/mol. The Morgan fingerprint density at radius 3 is 1.78 bits per heavy atom. The number of rotatable bonds is 10. The first-order valence-electron chi connectivity index (χ1n) is 43.7. The maximum atomic E-state index is 11.3. The number of benzene rings is 12. The summed E-state index contributed by atoms with van der Waals surface area (Å²) >= 11 is 0. The first-order chi connectivity index (χ1) is 56.7. The van der Waals surface area contributed by atoms with Crippen molar-refractivity contribution in [1.29, 1.82) is 0 Å². The van der Waals surface area contributed by atoms with Crippen LogP contribution in [0.15, 0.2) is 285 Å². The Morgan fingerprint density at radius 1 is 0.500 bits per heavy atom. The SMILES string of the molecule is [2H]c1c([2H])c([2H])c(-c2cc3c4c(c2)n(-c2[c-]c(Oc5[c-]c6c(cc5)c5ccccc5n6-c5cc(C([2H])([2H])[2H])ccn5)ccc2)[c-][n+]4-c2c(cccc2-c2c([2H])c([2H])c([2H])c([Si](c4c([2H])c([2H])c([2H])c([2H])c4[2H])(c4c([2H])c([2H])c([2H])c([2H])c4[2H])c4c([2H])c([2H])c([2H])c([2H])c4[2H])c2[2H])-c2cc4c(cc2-c2ccccc2-3)C(C)(C)CCC4(C)C)c([2H])c1[2H].[Pt]. The normalized spacial score (nSPS) is 17.8. The minimum atomic E-state index is -6.43. The summed E-state index contributed by atoms with van der Waals surface area (Å²) in [4.78, 5) is 4.62. The number of hydrogen-bond donors (Lipinski definition) is 0. The molecule has 0 atom stereocenters. The van der Waals surface area contributed by atoms with Crippen LogP contribution < -0.4 is 30.1 Å². The summed E-state index contributed by atoms with van der Waals surface area (Å²) in [6.07, 6.45) is 6.54. The van der Waals surface area contributed by atoms with Crippen LogP contribution in [0.3, 0.4) is 0 Å². The maximum Gasteiger partial charge on any atom is 0.268 e. The van der Waals surface area contributed by atoms with Gasteiger partial charge in [0.05, 0.1) is 49.6 Å². The van der Waals surface area contributed by atoms with E-state index in [0.717, 1.165) is 34.7 Å². The number of aromatic nitrogens is 4. The zero-order chi connectivity index (χ0) is 86.0. The second-order valence-corrected chi connectivity index (χ2v) is 28.0. The second kappa shape index (κ2) is 23.1. The summed E-state index contributed by atoms with van der Waals surface area (Å²) in [6.45, 7) is 6.11. The van der Waals surface area contributed by atoms with E-state index in [4.69, 9.17) is 17.1 Å². The Bertz CT molecular complexity index is 6810. The van der Waals surface area contributed by atoms with Gasteiger partial charge in [-0.1, -0.05) is 251 Å². The fourth-order valence-electron chi connectivity index (χ4n) is 13.7. The Hall–Kier alpha value is -10.2. The summed E-state index contributed by atoms with van der Waals surface area (Å²) < 4.78 is 268. The van der Waals surface area contributed by atoms with Gasteiger partial charge in [0.15, 0.2) is 8.07 Å². The van der Waals surface area contributed by atoms with Crippen molar-refractivity contribution in [3.8, 4) is 84.3 Å². The molecule has 5 nitrogen and oxygen atoms in total. The number of pyridine rings is 1. The Morgan fingerprint density at radius 2 is 1.09 bits per heavy atom. The van der Waals surface area contributed by atoms with Crippen LogP contribution in [0.25, 0.3) is 106 Å². The van der Waals surface area contributed by atoms with E-state index in [0.29, 0.717) is 50.2 Å². The molecular formula is C87H66N4OPtSi-2. The average Bonchev–Trinajstić information content (AvgIpc) is 1.31. The molecular weight excluding hydrogens is 1340 g/mol. The number of imidazole rings is 1. The van der Waals surface area contributed by atoms with E-state index < -0.39 is 197 Å². The van der Waals surface area contributed by atoms with Crippen LogP contribution in [-0.4, -0.2) is 22.2 Å². The van der Waals surface area contributed by atoms with Gasteiger partial charge in [-0.15, -0.1) is 29.7 Å². The van der Waals surface area contributed by atoms with Gasteiger partial charge >= 0.3 is 0 Å². The van der Waals surface area contributed by atoms with Crippen molar-refractivity contribution in [2.75, 3.05) is 0 Å². The van der Waals surface area contributed by atoms with E-state index >= 15 is 0 Å². The van der Waals surface area contributed by atoms with Gasteiger partial charge in [0.2, 0.25) is 0 Å². The molecule has 0 bridgehead atoms. The van der Waals surface area contributed by atoms with Gasteiger partial charge in [-0.05, 0) is 165 Å². The van der Waals surface area contributed by atoms with Crippen LogP contribution in [0, 0.1) is 25.3 Å². The van der Waals surface area contributed by atoms with E-state index in [1.165, 1.54) is 24.4 Å². The quantitative estimate of drug-likeness (QED) is 0.0592. The van der Waals surface area contributed by atoms with E-state index in [1.807, 2.05) is 54.6 Å². The van der Waals surface area contributed by atoms with Crippen molar-refractivity contribution in [3.63, 3.8) is 0 Å². The molecule has 15 aromatic rings. The molecule has 4 heterocycles. The summed E-state index contributed by atoms with van der Waals surface area (Å²) in [6, 6.07) is 21.6. The first-order valence-corrected chi connectivity index (χ1v) is 32.2. The monoisotopic (exact) mass is 1430 g/mol. The Labute approximate surface area is 603 Å². The molecule has 2 aliphatic rings. The molecule has 12 aromatic carbocycles. The number of aryl methyl sites for hydroxylation is 1. The topological polar surface area (TPSA) is 35.9 Å². The van der Waals surface area contributed by atoms with Gasteiger partial charge < -0.3 is 13.9 Å². The molecule has 0 fully saturated rings. The van der Waals surface area contributed by atoms with Gasteiger partial charge in [-0.25, -0.2) is 4.98 Å². The number of ether oxygens (including phenoxy) is 1. The first kappa shape index (κ1) is 36.3. The van der Waals surface area contributed by atoms with Gasteiger partial charge in [-0.3, -0.25) is 4.57 Å². The molecule has 0 unspecified atom stereocenters. The van der Waals surface area contributed by atoms with E-state index in [9.17, 15) is 24.7 Å². The largest absolute Gasteiger partial charge is 0.510 e. The third-order valence-electron chi connectivity index (χ3n) is 18.2. The maximum absolute atomic E-state index is 11.3. The number of fused-ring (bicyclic) bond motifs is 11. The molecule has 0 N–H and O–H groups in total. The van der Waals surface area contributed by atoms with Crippen LogP contribution in [0.5, 0.6) is 11.5 Å². The van der Waals surface area contributed by atoms with Crippen LogP contribution >= 0.6 is 0 Å². The standard InChI is InChI=1S/C87H66N4OSi.Pt/c1-58-45-48-88-83(49-58)91-80-42-21-20-39-72(80)73-44-43-64(54-81(73)91)92-63-29-23-28-62(53-63)89-57-90-84-69(60-27-22-36-68(50-60)93(65-30-12-7-13-31-65,66-32-14-8-15-33-66)67-34-16-9-17-35-67)40-24-41-74(84)76-56-79-78(86(2,3)46-47-87(79,4)5)55-75(76)70-37-18-19-38-71(70)77-51-61(52-82(89)85(77)90)59-25-10-6-11-26-59;/h6-45,48-52,55-56H,46-47H2,1-5H3;/q-2;/i1D3,6D,7D,8D,9D,10D,11D,12D,13D,14D,15D,16D,17D,22D,25D,26D,27D,30D,31D,32D,33D,34D,35D,36D,50D;. The van der Waals surface area contributed by atoms with Crippen molar-refractivity contribution < 1.29 is 67.4 Å². The predicted octanol–water partition coefficient (Wildman–Crippen LogP) is 18.3. The number of hydrogen-bond acceptors (Lipinski definition) is 2. The van der Waals surface area contributed by atoms with Gasteiger partial charge in [0.25, 0.3) is 6.33 Å². The molecule has 7 heteroatoms. The van der Waals surface area contributed by atoms with Crippen molar-refractivity contribution in [2.24, 2.45) is 0 Å². The fraction of sp³-hybridized carbons (Fsp3) is 0.103. The summed E-state index contributed by atoms with van der Waals surface area (Å²) in [5.41, 5.74) is 4.90. The molecule has 1 aliphatic carbocycles. The van der Waals surface area contributed by atoms with Crippen molar-refractivity contribution in [1.82, 2.24) is 14.1 Å². The van der Waals surface area contributed by atoms with Crippen LogP contribution in [-0.2, 0) is 31.9 Å². The molecule has 0 saturated heterocycles. The summed E-state index contributed by atoms with van der Waals surface area (Å²) in [5, 5.41) is -2.53. The molecule has 456 valence electrons. The minimum Gasteiger partial charge on any atom is -0.510 e. The third kappa shape index (κ3) is 9.60. The zero-order valence-corrected chi connectivity index (χ0v) is 54.0. The molecule has 0 spiro atoms. The molecule has 94 heavy (non-hydrogen) atoms. The van der Waals surface area contributed by atoms with Gasteiger partial charge in [0, 0.05) is 48.4 Å². The van der Waals surface area contributed by atoms with Crippen LogP contribution in [0.2, 0.25) is 0 Å². The molecule has 0 amide bonds. The van der Waals surface area contributed by atoms with Crippen molar-refractivity contribution >= 4 is 61.7 Å². The summed E-state index contributed by atoms with van der Waals surface area (Å²) in [5.74, 6) is 0.546. The number of nitrogens with zero attached hydrogens (tertiary/aromatic N) is 4. The predicted molar refractivity (Wildman–Crippen MR) is 384 cm³/mol. The minimum absolute atomic E-state index is 0. The molecule has 0 saturated carbocycles. The third-order valence-corrected chi connectivity index (χ3v) is 22.2. The molecule has 3 aromatic heterocycles. The van der Waals surface area contributed by atoms with Crippen LogP contribution in [0.1, 0.15) is 94.2 Å². The van der Waals surface area contributed by atoms with E-state index in [2.05, 4.69) is 63.3 Å². The second-order valence-electron chi connectivity index (χ2n) is 24.5. The van der Waals surface area contributed by atoms with Crippen LogP contribution in [0.4, 0.5) is 0 Å². The fourth-order valence-corrected chi connectivity index (χ4v) is 17.3. The molecule has 1 aliphatic heterocycles. The van der Waals surface area contributed by atoms with E-state index in [1.54, 1.807) is 62.2 Å². The smallest absolute Gasteiger partial charge is 0.268 e. The van der Waals surface area contributed by atoms with Gasteiger partial charge in [-0.2, -0.15) is 18.2 Å². The number of para-hydroxylation sites is 2. The molecule has 0 radical (unpaired) electrons. The van der Waals surface area contributed by atoms with Crippen molar-refractivity contribution in [2.45, 2.75) is 58.2 Å². The molecule has 17 rings (SSSR count). The van der Waals surface area contributed by atoms with Crippen molar-refractivity contribution in [3.05, 3.63) is 320 Å². The van der Waals surface area contributed by atoms with E-state index in [-0.39, 0.29) is 77.2 Å². The Balaban J connectivity index is 0.0000109. The Kier molecular flexibility index (Phi) is 8.92. The van der Waals surface area contributed by atoms with Gasteiger partial charge in [0.1, 0.15) is 5.82 Å².